The van der Waals surface area contributed by atoms with Crippen LogP contribution in [0.4, 0.5) is 11.4 Å². The van der Waals surface area contributed by atoms with Crippen molar-refractivity contribution in [3.63, 3.8) is 0 Å². The topological polar surface area (TPSA) is 291 Å². The fraction of sp³-hybridized carbons (Fsp3) is 0.480. The number of rotatable bonds is 6. The molecule has 1 aromatic carbocycles. The minimum atomic E-state index is -4.67. The number of carbonyl (C=O) groups excluding carboxylic acids is 3. The van der Waals surface area contributed by atoms with Crippen LogP contribution in [-0.4, -0.2) is 97.0 Å². The molecule has 1 fully saturated rings. The lowest BCUT2D eigenvalue weighted by atomic mass is 9.57. The molecule has 9 N–H and O–H groups in total. The quantitative estimate of drug-likeness (QED) is 0.0696. The van der Waals surface area contributed by atoms with Gasteiger partial charge in [0.05, 0.1) is 16.5 Å². The number of nitro benzene ring substituents is 1. The number of ketones is 2. The number of amides is 1. The lowest BCUT2D eigenvalue weighted by Gasteiger charge is -2.50. The van der Waals surface area contributed by atoms with Gasteiger partial charge in [-0.05, 0) is 51.8 Å². The average Bonchev–Trinajstić information content (AvgIpc) is 2.86. The maximum Gasteiger partial charge on any atom is 0.394 e. The van der Waals surface area contributed by atoms with E-state index in [1.165, 1.54) is 25.1 Å². The second-order valence-electron chi connectivity index (χ2n) is 10.8. The fourth-order valence-electron chi connectivity index (χ4n) is 5.93. The normalized spacial score (nSPS) is 25.7. The Morgan fingerprint density at radius 3 is 2.28 bits per heavy atom. The highest BCUT2D eigenvalue weighted by molar-refractivity contribution is 7.79. The van der Waals surface area contributed by atoms with Gasteiger partial charge < -0.3 is 31.5 Å². The molecular formula is C25H32N4O13S. The predicted octanol–water partition coefficient (Wildman–Crippen LogP) is 0.430. The second-order valence-corrected chi connectivity index (χ2v) is 11.7. The van der Waals surface area contributed by atoms with Crippen LogP contribution in [0.1, 0.15) is 37.8 Å². The number of carbonyl (C=O) groups is 3. The number of aromatic hydroxyl groups is 1. The van der Waals surface area contributed by atoms with E-state index in [1.807, 2.05) is 13.8 Å². The minimum absolute atomic E-state index is 0.0266. The van der Waals surface area contributed by atoms with Crippen molar-refractivity contribution in [1.29, 1.82) is 0 Å². The molecule has 43 heavy (non-hydrogen) atoms. The number of Topliss-reactive ketones (excluding diaryl/α,β-unsaturated/α-hetero) is 2. The molecule has 17 nitrogen and oxygen atoms in total. The van der Waals surface area contributed by atoms with Gasteiger partial charge in [0.2, 0.25) is 11.5 Å². The number of nitrogens with zero attached hydrogens (tertiary/aromatic N) is 2. The van der Waals surface area contributed by atoms with Crippen LogP contribution in [0.5, 0.6) is 5.75 Å². The zero-order valence-corrected chi connectivity index (χ0v) is 24.2. The largest absolute Gasteiger partial charge is 0.508 e. The Kier molecular flexibility index (Phi) is 8.96. The summed E-state index contributed by atoms with van der Waals surface area (Å²) in [7, 11) is -1.64. The molecule has 0 radical (unpaired) electrons. The van der Waals surface area contributed by atoms with Crippen molar-refractivity contribution >= 4 is 45.0 Å². The number of primary amides is 1. The number of benzene rings is 1. The van der Waals surface area contributed by atoms with Gasteiger partial charge in [-0.1, -0.05) is 6.92 Å². The Labute approximate surface area is 245 Å². The summed E-state index contributed by atoms with van der Waals surface area (Å²) in [4.78, 5) is 51.3. The molecule has 0 spiro atoms. The van der Waals surface area contributed by atoms with Gasteiger partial charge in [0, 0.05) is 29.3 Å². The molecule has 4 rings (SSSR count). The van der Waals surface area contributed by atoms with Gasteiger partial charge in [0.1, 0.15) is 17.1 Å². The summed E-state index contributed by atoms with van der Waals surface area (Å²) < 4.78 is 31.6. The molecule has 1 saturated carbocycles. The summed E-state index contributed by atoms with van der Waals surface area (Å²) in [6, 6.07) is -0.160. The van der Waals surface area contributed by atoms with Crippen molar-refractivity contribution in [3.05, 3.63) is 44.2 Å². The van der Waals surface area contributed by atoms with E-state index < -0.39 is 84.8 Å². The van der Waals surface area contributed by atoms with Crippen LogP contribution in [-0.2, 0) is 31.2 Å². The molecular weight excluding hydrogens is 596 g/mol. The van der Waals surface area contributed by atoms with Crippen molar-refractivity contribution in [2.45, 2.75) is 50.8 Å². The first-order valence-electron chi connectivity index (χ1n) is 12.8. The molecule has 3 aliphatic rings. The molecule has 1 amide bonds. The van der Waals surface area contributed by atoms with Gasteiger partial charge in [0.15, 0.2) is 11.4 Å². The third kappa shape index (κ3) is 5.78. The van der Waals surface area contributed by atoms with Gasteiger partial charge in [-0.15, -0.1) is 0 Å². The van der Waals surface area contributed by atoms with Crippen LogP contribution in [0.15, 0.2) is 23.0 Å². The molecule has 0 aromatic heterocycles. The van der Waals surface area contributed by atoms with Crippen LogP contribution in [0.2, 0.25) is 0 Å². The Morgan fingerprint density at radius 1 is 1.26 bits per heavy atom. The zero-order chi connectivity index (χ0) is 32.9. The van der Waals surface area contributed by atoms with Crippen LogP contribution in [0, 0.1) is 22.0 Å². The molecule has 0 saturated heterocycles. The highest BCUT2D eigenvalue weighted by atomic mass is 32.3. The van der Waals surface area contributed by atoms with Gasteiger partial charge in [0.25, 0.3) is 5.91 Å². The van der Waals surface area contributed by atoms with Crippen molar-refractivity contribution in [3.8, 4) is 5.75 Å². The average molecular weight is 629 g/mol. The lowest BCUT2D eigenvalue weighted by molar-refractivity contribution is -0.385. The number of aliphatic hydroxyl groups is 3. The highest BCUT2D eigenvalue weighted by Gasteiger charge is 2.64. The SMILES string of the molecule is CCC(C)Nc1cc([N+](=O)[O-])c(O)c2c1CC1CC3[C@H](N(C)C)C(=O)C(C(N)=O)=C(O)[C@@]3(O)C(=O)C1=C2O.O=S(=O)(O)O. The van der Waals surface area contributed by atoms with Gasteiger partial charge in [-0.3, -0.25) is 38.5 Å². The molecule has 3 aliphatic carbocycles. The summed E-state index contributed by atoms with van der Waals surface area (Å²) in [5.41, 5.74) is 0.837. The van der Waals surface area contributed by atoms with Gasteiger partial charge in [-0.25, -0.2) is 0 Å². The molecule has 18 heteroatoms. The maximum atomic E-state index is 13.9. The molecule has 3 unspecified atom stereocenters. The Balaban J connectivity index is 0.000000934. The zero-order valence-electron chi connectivity index (χ0n) is 23.4. The van der Waals surface area contributed by atoms with Crippen molar-refractivity contribution in [2.75, 3.05) is 19.4 Å². The summed E-state index contributed by atoms with van der Waals surface area (Å²) in [6.07, 6.45) is 0.610. The lowest BCUT2D eigenvalue weighted by Crippen LogP contribution is -2.65. The number of nitrogens with two attached hydrogens (primary N) is 1. The van der Waals surface area contributed by atoms with E-state index in [2.05, 4.69) is 5.32 Å². The van der Waals surface area contributed by atoms with Crippen LogP contribution in [0.25, 0.3) is 5.76 Å². The molecule has 236 valence electrons. The number of aliphatic hydroxyl groups excluding tert-OH is 2. The molecule has 0 heterocycles. The van der Waals surface area contributed by atoms with Crippen molar-refractivity contribution < 1.29 is 57.3 Å². The predicted molar refractivity (Wildman–Crippen MR) is 148 cm³/mol. The number of hydrogen-bond donors (Lipinski definition) is 8. The van der Waals surface area contributed by atoms with Crippen LogP contribution < -0.4 is 11.1 Å². The number of phenolic OH excluding ortho intramolecular Hbond substituents is 1. The Bertz CT molecular complexity index is 1580. The first kappa shape index (κ1) is 33.4. The van der Waals surface area contributed by atoms with Crippen LogP contribution >= 0.6 is 0 Å². The second kappa shape index (κ2) is 11.5. The maximum absolute atomic E-state index is 13.9. The molecule has 1 aromatic rings. The fourth-order valence-corrected chi connectivity index (χ4v) is 5.93. The van der Waals surface area contributed by atoms with E-state index in [-0.39, 0.29) is 30.0 Å². The first-order chi connectivity index (χ1) is 19.7. The number of likely N-dealkylation sites (N-methyl/N-ethyl adjacent to an activating group) is 1. The van der Waals surface area contributed by atoms with Crippen LogP contribution in [0.3, 0.4) is 0 Å². The number of phenols is 1. The molecule has 0 bridgehead atoms. The van der Waals surface area contributed by atoms with E-state index >= 15 is 0 Å². The van der Waals surface area contributed by atoms with E-state index in [1.54, 1.807) is 0 Å². The highest BCUT2D eigenvalue weighted by Crippen LogP contribution is 2.54. The van der Waals surface area contributed by atoms with E-state index in [4.69, 9.17) is 23.3 Å². The van der Waals surface area contributed by atoms with Gasteiger partial charge >= 0.3 is 16.1 Å². The monoisotopic (exact) mass is 628 g/mol. The third-order valence-corrected chi connectivity index (χ3v) is 7.91. The van der Waals surface area contributed by atoms with Crippen molar-refractivity contribution in [1.82, 2.24) is 4.90 Å². The number of anilines is 1. The molecule has 5 atom stereocenters. The number of fused-ring (bicyclic) bond motifs is 3. The minimum Gasteiger partial charge on any atom is -0.508 e. The third-order valence-electron chi connectivity index (χ3n) is 7.91. The first-order valence-corrected chi connectivity index (χ1v) is 14.2. The van der Waals surface area contributed by atoms with Gasteiger partial charge in [-0.2, -0.15) is 8.42 Å². The Hall–Kier alpha value is -4.10. The van der Waals surface area contributed by atoms with E-state index in [9.17, 15) is 44.9 Å². The van der Waals surface area contributed by atoms with E-state index in [0.29, 0.717) is 17.7 Å². The smallest absolute Gasteiger partial charge is 0.394 e. The summed E-state index contributed by atoms with van der Waals surface area (Å²) in [5, 5.41) is 59.4. The summed E-state index contributed by atoms with van der Waals surface area (Å²) in [6.45, 7) is 3.75. The summed E-state index contributed by atoms with van der Waals surface area (Å²) in [5.74, 6) is -8.18. The standard InChI is InChI=1S/C25H30N4O9.H2O4S/c1-5-9(2)27-13-8-14(29(37)38)19(30)16-11(13)6-10-7-12-18(28(3)4)21(32)17(24(26)35)23(34)25(12,36)22(33)15(10)20(16)31;1-5(2,3)4/h8-10,12,18,27,30-31,34,36H,5-7H2,1-4H3,(H2,26,35);(H2,1,2,3,4)/t9?,10?,12?,18-,25-;/m0./s1. The number of hydrogen-bond acceptors (Lipinski definition) is 13. The summed E-state index contributed by atoms with van der Waals surface area (Å²) >= 11 is 0. The Morgan fingerprint density at radius 2 is 1.81 bits per heavy atom. The number of nitro groups is 1. The van der Waals surface area contributed by atoms with Crippen molar-refractivity contribution in [2.24, 2.45) is 17.6 Å². The molecule has 0 aliphatic heterocycles. The number of nitrogens with one attached hydrogen (secondary N) is 1. The van der Waals surface area contributed by atoms with E-state index in [0.717, 1.165) is 0 Å².